The third-order valence-corrected chi connectivity index (χ3v) is 3.93. The SMILES string of the molecule is CC(O)c1cccc(NC(=O)NC2CCC(C)(C)C2)c1. The van der Waals surface area contributed by atoms with Gasteiger partial charge in [0.05, 0.1) is 6.10 Å². The summed E-state index contributed by atoms with van der Waals surface area (Å²) in [5, 5.41) is 15.4. The van der Waals surface area contributed by atoms with Gasteiger partial charge in [0, 0.05) is 11.7 Å². The minimum absolute atomic E-state index is 0.171. The Bertz CT molecular complexity index is 483. The van der Waals surface area contributed by atoms with Crippen LogP contribution < -0.4 is 10.6 Å². The lowest BCUT2D eigenvalue weighted by molar-refractivity contribution is 0.199. The molecule has 1 saturated carbocycles. The number of anilines is 1. The first-order valence-corrected chi connectivity index (χ1v) is 7.21. The second kappa shape index (κ2) is 5.83. The van der Waals surface area contributed by atoms with Crippen LogP contribution in [0.2, 0.25) is 0 Å². The normalized spacial score (nSPS) is 22.3. The maximum absolute atomic E-state index is 12.0. The van der Waals surface area contributed by atoms with Gasteiger partial charge < -0.3 is 15.7 Å². The molecule has 2 amide bonds. The molecule has 3 N–H and O–H groups in total. The van der Waals surface area contributed by atoms with Crippen molar-refractivity contribution in [1.82, 2.24) is 5.32 Å². The first kappa shape index (κ1) is 14.9. The molecule has 0 radical (unpaired) electrons. The van der Waals surface area contributed by atoms with Crippen LogP contribution >= 0.6 is 0 Å². The topological polar surface area (TPSA) is 61.4 Å². The molecule has 0 aromatic heterocycles. The average Bonchev–Trinajstić information content (AvgIpc) is 2.68. The second-order valence-electron chi connectivity index (χ2n) is 6.50. The lowest BCUT2D eigenvalue weighted by Crippen LogP contribution is -2.36. The van der Waals surface area contributed by atoms with E-state index in [9.17, 15) is 9.90 Å². The van der Waals surface area contributed by atoms with Crippen LogP contribution in [0.4, 0.5) is 10.5 Å². The summed E-state index contributed by atoms with van der Waals surface area (Å²) in [4.78, 5) is 12.0. The van der Waals surface area contributed by atoms with Crippen molar-refractivity contribution in [3.63, 3.8) is 0 Å². The number of aliphatic hydroxyl groups excluding tert-OH is 1. The minimum Gasteiger partial charge on any atom is -0.389 e. The number of carbonyl (C=O) groups excluding carboxylic acids is 1. The van der Waals surface area contributed by atoms with Crippen LogP contribution in [0.1, 0.15) is 51.7 Å². The summed E-state index contributed by atoms with van der Waals surface area (Å²) in [6, 6.07) is 7.37. The van der Waals surface area contributed by atoms with Crippen LogP contribution in [-0.2, 0) is 0 Å². The molecule has 1 aromatic rings. The molecule has 1 fully saturated rings. The van der Waals surface area contributed by atoms with Gasteiger partial charge in [-0.15, -0.1) is 0 Å². The van der Waals surface area contributed by atoms with Crippen molar-refractivity contribution in [3.8, 4) is 0 Å². The van der Waals surface area contributed by atoms with Crippen LogP contribution in [0.25, 0.3) is 0 Å². The van der Waals surface area contributed by atoms with Crippen LogP contribution in [-0.4, -0.2) is 17.2 Å². The van der Waals surface area contributed by atoms with E-state index in [2.05, 4.69) is 24.5 Å². The van der Waals surface area contributed by atoms with Gasteiger partial charge in [-0.05, 0) is 49.3 Å². The van der Waals surface area contributed by atoms with E-state index in [0.29, 0.717) is 11.1 Å². The number of rotatable bonds is 3. The molecule has 0 bridgehead atoms. The summed E-state index contributed by atoms with van der Waals surface area (Å²) in [5.41, 5.74) is 1.83. The largest absolute Gasteiger partial charge is 0.389 e. The lowest BCUT2D eigenvalue weighted by Gasteiger charge is -2.18. The van der Waals surface area contributed by atoms with Crippen LogP contribution in [0, 0.1) is 5.41 Å². The monoisotopic (exact) mass is 276 g/mol. The van der Waals surface area contributed by atoms with Crippen molar-refractivity contribution in [1.29, 1.82) is 0 Å². The Morgan fingerprint density at radius 1 is 1.45 bits per heavy atom. The summed E-state index contributed by atoms with van der Waals surface area (Å²) in [6.45, 7) is 6.18. The summed E-state index contributed by atoms with van der Waals surface area (Å²) < 4.78 is 0. The van der Waals surface area contributed by atoms with Crippen LogP contribution in [0.15, 0.2) is 24.3 Å². The Labute approximate surface area is 120 Å². The van der Waals surface area contributed by atoms with E-state index in [1.54, 1.807) is 13.0 Å². The van der Waals surface area contributed by atoms with E-state index >= 15 is 0 Å². The Kier molecular flexibility index (Phi) is 4.33. The predicted octanol–water partition coefficient (Wildman–Crippen LogP) is 3.44. The molecule has 1 aliphatic carbocycles. The first-order chi connectivity index (χ1) is 9.35. The fourth-order valence-electron chi connectivity index (χ4n) is 2.79. The van der Waals surface area contributed by atoms with Crippen molar-refractivity contribution in [2.75, 3.05) is 5.32 Å². The molecule has 0 spiro atoms. The summed E-state index contributed by atoms with van der Waals surface area (Å²) in [6.07, 6.45) is 2.67. The van der Waals surface area contributed by atoms with Crippen molar-refractivity contribution >= 4 is 11.7 Å². The second-order valence-corrected chi connectivity index (χ2v) is 6.50. The highest BCUT2D eigenvalue weighted by molar-refractivity contribution is 5.89. The van der Waals surface area contributed by atoms with Gasteiger partial charge >= 0.3 is 6.03 Å². The third-order valence-electron chi connectivity index (χ3n) is 3.93. The number of aliphatic hydroxyl groups is 1. The average molecular weight is 276 g/mol. The molecular weight excluding hydrogens is 252 g/mol. The van der Waals surface area contributed by atoms with Gasteiger partial charge in [0.2, 0.25) is 0 Å². The Morgan fingerprint density at radius 3 is 2.80 bits per heavy atom. The summed E-state index contributed by atoms with van der Waals surface area (Å²) in [7, 11) is 0. The zero-order chi connectivity index (χ0) is 14.8. The van der Waals surface area contributed by atoms with E-state index in [-0.39, 0.29) is 12.1 Å². The van der Waals surface area contributed by atoms with Gasteiger partial charge in [-0.25, -0.2) is 4.79 Å². The third kappa shape index (κ3) is 3.97. The molecule has 1 aliphatic rings. The Morgan fingerprint density at radius 2 is 2.20 bits per heavy atom. The number of hydrogen-bond donors (Lipinski definition) is 3. The molecule has 4 heteroatoms. The highest BCUT2D eigenvalue weighted by Crippen LogP contribution is 2.36. The molecule has 0 saturated heterocycles. The van der Waals surface area contributed by atoms with Gasteiger partial charge in [0.25, 0.3) is 0 Å². The molecule has 4 nitrogen and oxygen atoms in total. The highest BCUT2D eigenvalue weighted by Gasteiger charge is 2.31. The van der Waals surface area contributed by atoms with Gasteiger partial charge in [-0.3, -0.25) is 0 Å². The quantitative estimate of drug-likeness (QED) is 0.792. The van der Waals surface area contributed by atoms with E-state index < -0.39 is 6.10 Å². The molecule has 110 valence electrons. The maximum atomic E-state index is 12.0. The zero-order valence-corrected chi connectivity index (χ0v) is 12.4. The summed E-state index contributed by atoms with van der Waals surface area (Å²) in [5.74, 6) is 0. The first-order valence-electron chi connectivity index (χ1n) is 7.21. The fourth-order valence-corrected chi connectivity index (χ4v) is 2.79. The number of nitrogens with one attached hydrogen (secondary N) is 2. The zero-order valence-electron chi connectivity index (χ0n) is 12.4. The van der Waals surface area contributed by atoms with Crippen LogP contribution in [0.5, 0.6) is 0 Å². The van der Waals surface area contributed by atoms with E-state index in [4.69, 9.17) is 0 Å². The van der Waals surface area contributed by atoms with Crippen LogP contribution in [0.3, 0.4) is 0 Å². The molecule has 2 rings (SSSR count). The molecule has 2 unspecified atom stereocenters. The van der Waals surface area contributed by atoms with Crippen molar-refractivity contribution in [3.05, 3.63) is 29.8 Å². The predicted molar refractivity (Wildman–Crippen MR) is 80.7 cm³/mol. The molecule has 0 aliphatic heterocycles. The van der Waals surface area contributed by atoms with Crippen molar-refractivity contribution in [2.45, 2.75) is 52.2 Å². The number of benzene rings is 1. The number of urea groups is 1. The summed E-state index contributed by atoms with van der Waals surface area (Å²) >= 11 is 0. The minimum atomic E-state index is -0.532. The van der Waals surface area contributed by atoms with E-state index in [1.807, 2.05) is 18.2 Å². The smallest absolute Gasteiger partial charge is 0.319 e. The Balaban J connectivity index is 1.90. The fraction of sp³-hybridized carbons (Fsp3) is 0.562. The number of hydrogen-bond acceptors (Lipinski definition) is 2. The standard InChI is InChI=1S/C16H24N2O2/c1-11(19)12-5-4-6-13(9-12)17-15(20)18-14-7-8-16(2,3)10-14/h4-6,9,11,14,19H,7-8,10H2,1-3H3,(H2,17,18,20). The van der Waals surface area contributed by atoms with Gasteiger partial charge in [0.15, 0.2) is 0 Å². The lowest BCUT2D eigenvalue weighted by atomic mass is 9.92. The molecule has 20 heavy (non-hydrogen) atoms. The molecule has 2 atom stereocenters. The van der Waals surface area contributed by atoms with E-state index in [0.717, 1.165) is 24.8 Å². The Hall–Kier alpha value is -1.55. The van der Waals surface area contributed by atoms with Gasteiger partial charge in [-0.1, -0.05) is 26.0 Å². The van der Waals surface area contributed by atoms with Gasteiger partial charge in [-0.2, -0.15) is 0 Å². The maximum Gasteiger partial charge on any atom is 0.319 e. The highest BCUT2D eigenvalue weighted by atomic mass is 16.3. The molecule has 1 aromatic carbocycles. The molecule has 0 heterocycles. The van der Waals surface area contributed by atoms with Gasteiger partial charge in [0.1, 0.15) is 0 Å². The molecular formula is C16H24N2O2. The van der Waals surface area contributed by atoms with E-state index in [1.165, 1.54) is 0 Å². The van der Waals surface area contributed by atoms with Crippen molar-refractivity contribution in [2.24, 2.45) is 5.41 Å². The number of amides is 2. The number of carbonyl (C=O) groups is 1. The van der Waals surface area contributed by atoms with Crippen molar-refractivity contribution < 1.29 is 9.90 Å².